The van der Waals surface area contributed by atoms with Gasteiger partial charge >= 0.3 is 0 Å². The molecule has 1 N–H and O–H groups in total. The van der Waals surface area contributed by atoms with Crippen LogP contribution >= 0.6 is 0 Å². The molecule has 1 fully saturated rings. The lowest BCUT2D eigenvalue weighted by Crippen LogP contribution is -2.40. The Morgan fingerprint density at radius 1 is 1.03 bits per heavy atom. The highest BCUT2D eigenvalue weighted by atomic mass is 32.2. The van der Waals surface area contributed by atoms with Gasteiger partial charge in [0.2, 0.25) is 10.0 Å². The van der Waals surface area contributed by atoms with Crippen molar-refractivity contribution in [3.8, 4) is 11.3 Å². The van der Waals surface area contributed by atoms with Gasteiger partial charge in [0.15, 0.2) is 0 Å². The molecule has 1 saturated heterocycles. The first-order chi connectivity index (χ1) is 15.3. The van der Waals surface area contributed by atoms with Crippen molar-refractivity contribution in [2.75, 3.05) is 31.6 Å². The molecule has 0 saturated carbocycles. The summed E-state index contributed by atoms with van der Waals surface area (Å²) in [5, 5.41) is 7.02. The van der Waals surface area contributed by atoms with Gasteiger partial charge in [-0.3, -0.25) is 9.59 Å². The average Bonchev–Trinajstić information content (AvgIpc) is 2.81. The first-order valence-corrected chi connectivity index (χ1v) is 11.4. The topological polar surface area (TPSA) is 111 Å². The van der Waals surface area contributed by atoms with Gasteiger partial charge < -0.3 is 10.1 Å². The van der Waals surface area contributed by atoms with Crippen molar-refractivity contribution in [2.24, 2.45) is 7.05 Å². The summed E-state index contributed by atoms with van der Waals surface area (Å²) >= 11 is 0. The van der Waals surface area contributed by atoms with Crippen molar-refractivity contribution in [1.29, 1.82) is 0 Å². The molecule has 1 aliphatic heterocycles. The van der Waals surface area contributed by atoms with Gasteiger partial charge in [0.25, 0.3) is 11.5 Å². The first-order valence-electron chi connectivity index (χ1n) is 9.99. The van der Waals surface area contributed by atoms with Crippen LogP contribution in [-0.2, 0) is 21.8 Å². The Morgan fingerprint density at radius 3 is 2.44 bits per heavy atom. The molecule has 1 aliphatic rings. The number of rotatable bonds is 5. The molecule has 0 aliphatic carbocycles. The number of morpholine rings is 1. The minimum absolute atomic E-state index is 0.138. The van der Waals surface area contributed by atoms with E-state index in [0.717, 1.165) is 5.56 Å². The quantitative estimate of drug-likeness (QED) is 0.629. The molecule has 10 heteroatoms. The summed E-state index contributed by atoms with van der Waals surface area (Å²) in [7, 11) is -2.05. The summed E-state index contributed by atoms with van der Waals surface area (Å²) in [6, 6.07) is 16.0. The van der Waals surface area contributed by atoms with E-state index in [1.807, 2.05) is 6.07 Å². The van der Waals surface area contributed by atoms with Gasteiger partial charge in [-0.25, -0.2) is 13.1 Å². The van der Waals surface area contributed by atoms with Crippen LogP contribution in [0.2, 0.25) is 0 Å². The van der Waals surface area contributed by atoms with E-state index in [9.17, 15) is 18.0 Å². The third-order valence-electron chi connectivity index (χ3n) is 5.10. The first kappa shape index (κ1) is 21.9. The predicted molar refractivity (Wildman–Crippen MR) is 119 cm³/mol. The average molecular weight is 455 g/mol. The van der Waals surface area contributed by atoms with Crippen molar-refractivity contribution in [3.05, 3.63) is 76.6 Å². The van der Waals surface area contributed by atoms with Gasteiger partial charge in [-0.1, -0.05) is 12.1 Å². The van der Waals surface area contributed by atoms with Crippen molar-refractivity contribution >= 4 is 21.6 Å². The zero-order valence-corrected chi connectivity index (χ0v) is 18.2. The monoisotopic (exact) mass is 454 g/mol. The van der Waals surface area contributed by atoms with Crippen LogP contribution in [0.3, 0.4) is 0 Å². The Bertz CT molecular complexity index is 1300. The number of carbonyl (C=O) groups is 1. The molecule has 3 aromatic rings. The van der Waals surface area contributed by atoms with E-state index in [4.69, 9.17) is 4.74 Å². The highest BCUT2D eigenvalue weighted by molar-refractivity contribution is 7.89. The van der Waals surface area contributed by atoms with Gasteiger partial charge in [0.1, 0.15) is 0 Å². The molecule has 0 spiro atoms. The van der Waals surface area contributed by atoms with E-state index in [1.165, 1.54) is 39.3 Å². The second kappa shape index (κ2) is 9.03. The normalized spacial score (nSPS) is 14.8. The number of aryl methyl sites for hydroxylation is 1. The number of carbonyl (C=O) groups excluding carboxylic acids is 1. The summed E-state index contributed by atoms with van der Waals surface area (Å²) in [6.45, 7) is 1.36. The fourth-order valence-electron chi connectivity index (χ4n) is 3.33. The summed E-state index contributed by atoms with van der Waals surface area (Å²) in [5.74, 6) is -0.370. The second-order valence-corrected chi connectivity index (χ2v) is 9.19. The van der Waals surface area contributed by atoms with Gasteiger partial charge in [-0.05, 0) is 42.5 Å². The predicted octanol–water partition coefficient (Wildman–Crippen LogP) is 1.72. The summed E-state index contributed by atoms with van der Waals surface area (Å²) in [5.41, 5.74) is 2.01. The number of aromatic nitrogens is 2. The lowest BCUT2D eigenvalue weighted by molar-refractivity contribution is 0.0730. The van der Waals surface area contributed by atoms with Crippen LogP contribution in [0.15, 0.2) is 70.4 Å². The fraction of sp³-hybridized carbons (Fsp3) is 0.227. The lowest BCUT2D eigenvalue weighted by atomic mass is 10.1. The van der Waals surface area contributed by atoms with E-state index >= 15 is 0 Å². The highest BCUT2D eigenvalue weighted by Crippen LogP contribution is 2.21. The Morgan fingerprint density at radius 2 is 1.75 bits per heavy atom. The number of sulfonamides is 1. The van der Waals surface area contributed by atoms with E-state index in [0.29, 0.717) is 43.2 Å². The Kier molecular flexibility index (Phi) is 6.17. The smallest absolute Gasteiger partial charge is 0.266 e. The Hall–Kier alpha value is -3.34. The molecule has 4 rings (SSSR count). The van der Waals surface area contributed by atoms with Crippen molar-refractivity contribution in [3.63, 3.8) is 0 Å². The van der Waals surface area contributed by atoms with Gasteiger partial charge in [0.05, 0.1) is 23.8 Å². The van der Waals surface area contributed by atoms with Crippen molar-refractivity contribution in [1.82, 2.24) is 14.1 Å². The molecule has 2 aromatic carbocycles. The van der Waals surface area contributed by atoms with Gasteiger partial charge in [0, 0.05) is 43.0 Å². The zero-order valence-electron chi connectivity index (χ0n) is 17.4. The van der Waals surface area contributed by atoms with Crippen LogP contribution in [-0.4, -0.2) is 54.7 Å². The molecule has 1 aromatic heterocycles. The number of hydrogen-bond acceptors (Lipinski definition) is 6. The Balaban J connectivity index is 1.49. The third-order valence-corrected chi connectivity index (χ3v) is 7.01. The van der Waals surface area contributed by atoms with Crippen molar-refractivity contribution < 1.29 is 17.9 Å². The van der Waals surface area contributed by atoms with Crippen LogP contribution in [0.4, 0.5) is 5.69 Å². The van der Waals surface area contributed by atoms with E-state index in [1.54, 1.807) is 31.3 Å². The van der Waals surface area contributed by atoms with Gasteiger partial charge in [-0.2, -0.15) is 9.40 Å². The number of amides is 1. The lowest BCUT2D eigenvalue weighted by Gasteiger charge is -2.26. The highest BCUT2D eigenvalue weighted by Gasteiger charge is 2.26. The zero-order chi connectivity index (χ0) is 22.7. The standard InChI is InChI=1S/C22H22N4O5S/c1-25-21(27)10-9-20(24-25)17-3-2-4-18(15-17)23-22(28)16-5-7-19(8-6-16)32(29,30)26-11-13-31-14-12-26/h2-10,15H,11-14H2,1H3,(H,23,28). The molecular weight excluding hydrogens is 432 g/mol. The van der Waals surface area contributed by atoms with Crippen LogP contribution in [0.1, 0.15) is 10.4 Å². The maximum atomic E-state index is 12.7. The number of nitrogens with one attached hydrogen (secondary N) is 1. The number of hydrogen-bond donors (Lipinski definition) is 1. The summed E-state index contributed by atoms with van der Waals surface area (Å²) in [6.07, 6.45) is 0. The fourth-order valence-corrected chi connectivity index (χ4v) is 4.74. The SMILES string of the molecule is Cn1nc(-c2cccc(NC(=O)c3ccc(S(=O)(=O)N4CCOCC4)cc3)c2)ccc1=O. The number of benzene rings is 2. The van der Waals surface area contributed by atoms with E-state index < -0.39 is 10.0 Å². The number of ether oxygens (including phenoxy) is 1. The number of nitrogens with zero attached hydrogens (tertiary/aromatic N) is 3. The van der Waals surface area contributed by atoms with Crippen LogP contribution in [0, 0.1) is 0 Å². The summed E-state index contributed by atoms with van der Waals surface area (Å²) in [4.78, 5) is 24.4. The maximum absolute atomic E-state index is 12.7. The molecule has 1 amide bonds. The van der Waals surface area contributed by atoms with Crippen molar-refractivity contribution in [2.45, 2.75) is 4.90 Å². The van der Waals surface area contributed by atoms with E-state index in [2.05, 4.69) is 10.4 Å². The van der Waals surface area contributed by atoms with Crippen LogP contribution in [0.5, 0.6) is 0 Å². The molecule has 0 atom stereocenters. The van der Waals surface area contributed by atoms with Gasteiger partial charge in [-0.15, -0.1) is 0 Å². The van der Waals surface area contributed by atoms with Crippen LogP contribution < -0.4 is 10.9 Å². The third kappa shape index (κ3) is 4.62. The minimum Gasteiger partial charge on any atom is -0.379 e. The summed E-state index contributed by atoms with van der Waals surface area (Å²) < 4.78 is 33.3. The minimum atomic E-state index is -3.62. The molecule has 166 valence electrons. The number of anilines is 1. The van der Waals surface area contributed by atoms with Crippen LogP contribution in [0.25, 0.3) is 11.3 Å². The molecule has 32 heavy (non-hydrogen) atoms. The molecule has 2 heterocycles. The molecule has 0 bridgehead atoms. The molecule has 9 nitrogen and oxygen atoms in total. The molecular formula is C22H22N4O5S. The maximum Gasteiger partial charge on any atom is 0.266 e. The molecule has 0 radical (unpaired) electrons. The Labute approximate surface area is 185 Å². The second-order valence-electron chi connectivity index (χ2n) is 7.26. The largest absolute Gasteiger partial charge is 0.379 e. The van der Waals surface area contributed by atoms with E-state index in [-0.39, 0.29) is 16.4 Å². The molecule has 0 unspecified atom stereocenters.